The highest BCUT2D eigenvalue weighted by Gasteiger charge is 2.14. The van der Waals surface area contributed by atoms with Crippen molar-refractivity contribution in [2.45, 2.75) is 12.3 Å². The Kier molecular flexibility index (Phi) is 4.13. The van der Waals surface area contributed by atoms with Gasteiger partial charge in [-0.25, -0.2) is 4.79 Å². The number of rotatable bonds is 2. The Bertz CT molecular complexity index is 361. The summed E-state index contributed by atoms with van der Waals surface area (Å²) in [5.74, 6) is -0.296. The maximum absolute atomic E-state index is 11.4. The smallest absolute Gasteiger partial charge is 0.338 e. The van der Waals surface area contributed by atoms with Gasteiger partial charge in [-0.3, -0.25) is 0 Å². The topological polar surface area (TPSA) is 26.3 Å². The molecule has 0 radical (unpaired) electrons. The average molecular weight is 322 g/mol. The van der Waals surface area contributed by atoms with Crippen molar-refractivity contribution >= 4 is 37.8 Å². The molecule has 0 saturated heterocycles. The molecule has 76 valence electrons. The maximum Gasteiger partial charge on any atom is 0.338 e. The van der Waals surface area contributed by atoms with Crippen molar-refractivity contribution in [1.29, 1.82) is 0 Å². The van der Waals surface area contributed by atoms with E-state index in [1.807, 2.05) is 13.0 Å². The van der Waals surface area contributed by atoms with Gasteiger partial charge in [0, 0.05) is 9.80 Å². The van der Waals surface area contributed by atoms with Gasteiger partial charge in [-0.15, -0.1) is 0 Å². The predicted octanol–water partition coefficient (Wildman–Crippen LogP) is 3.44. The fraction of sp³-hybridized carbons (Fsp3) is 0.300. The van der Waals surface area contributed by atoms with E-state index in [9.17, 15) is 4.79 Å². The Hall–Kier alpha value is -0.350. The molecule has 0 unspecified atom stereocenters. The fourth-order valence-corrected chi connectivity index (χ4v) is 2.30. The van der Waals surface area contributed by atoms with Crippen LogP contribution in [0.4, 0.5) is 0 Å². The molecule has 0 spiro atoms. The second-order valence-electron chi connectivity index (χ2n) is 2.82. The molecule has 1 rings (SSSR count). The number of esters is 1. The van der Waals surface area contributed by atoms with E-state index in [0.717, 1.165) is 15.6 Å². The molecule has 0 N–H and O–H groups in total. The van der Waals surface area contributed by atoms with Gasteiger partial charge in [0.25, 0.3) is 0 Å². The summed E-state index contributed by atoms with van der Waals surface area (Å²) in [7, 11) is 1.39. The summed E-state index contributed by atoms with van der Waals surface area (Å²) in [6.45, 7) is 1.97. The molecule has 0 aliphatic rings. The van der Waals surface area contributed by atoms with Crippen LogP contribution in [-0.2, 0) is 10.1 Å². The minimum absolute atomic E-state index is 0.296. The lowest BCUT2D eigenvalue weighted by atomic mass is 10.0. The highest BCUT2D eigenvalue weighted by atomic mass is 79.9. The van der Waals surface area contributed by atoms with E-state index >= 15 is 0 Å². The summed E-state index contributed by atoms with van der Waals surface area (Å²) in [5.41, 5.74) is 2.64. The number of carbonyl (C=O) groups excluding carboxylic acids is 1. The Labute approximate surface area is 99.9 Å². The molecule has 0 aromatic heterocycles. The molecule has 0 aliphatic carbocycles. The summed E-state index contributed by atoms with van der Waals surface area (Å²) in [6.07, 6.45) is 0. The third kappa shape index (κ3) is 2.17. The van der Waals surface area contributed by atoms with Gasteiger partial charge in [0.2, 0.25) is 0 Å². The van der Waals surface area contributed by atoms with Gasteiger partial charge < -0.3 is 4.74 Å². The van der Waals surface area contributed by atoms with Crippen LogP contribution < -0.4 is 0 Å². The minimum Gasteiger partial charge on any atom is -0.465 e. The van der Waals surface area contributed by atoms with Crippen LogP contribution in [0.1, 0.15) is 21.5 Å². The lowest BCUT2D eigenvalue weighted by Crippen LogP contribution is -2.06. The third-order valence-electron chi connectivity index (χ3n) is 2.07. The van der Waals surface area contributed by atoms with Crippen LogP contribution in [-0.4, -0.2) is 13.1 Å². The predicted molar refractivity (Wildman–Crippen MR) is 62.8 cm³/mol. The Morgan fingerprint density at radius 3 is 2.64 bits per heavy atom. The summed E-state index contributed by atoms with van der Waals surface area (Å²) in [6, 6.07) is 3.62. The molecule has 4 heteroatoms. The first-order valence-corrected chi connectivity index (χ1v) is 5.95. The Morgan fingerprint density at radius 2 is 2.14 bits per heavy atom. The molecule has 0 bridgehead atoms. The van der Waals surface area contributed by atoms with E-state index in [0.29, 0.717) is 10.9 Å². The summed E-state index contributed by atoms with van der Waals surface area (Å²) in [4.78, 5) is 11.4. The number of methoxy groups -OCH3 is 1. The van der Waals surface area contributed by atoms with E-state index < -0.39 is 0 Å². The first-order chi connectivity index (χ1) is 6.61. The van der Waals surface area contributed by atoms with Gasteiger partial charge in [-0.2, -0.15) is 0 Å². The summed E-state index contributed by atoms with van der Waals surface area (Å²) in [5, 5.41) is 0.642. The molecule has 0 aliphatic heterocycles. The van der Waals surface area contributed by atoms with Crippen molar-refractivity contribution in [3.63, 3.8) is 0 Å². The lowest BCUT2D eigenvalue weighted by molar-refractivity contribution is 0.0599. The Morgan fingerprint density at radius 1 is 1.50 bits per heavy atom. The monoisotopic (exact) mass is 320 g/mol. The maximum atomic E-state index is 11.4. The molecule has 14 heavy (non-hydrogen) atoms. The largest absolute Gasteiger partial charge is 0.465 e. The lowest BCUT2D eigenvalue weighted by Gasteiger charge is -2.09. The molecule has 0 amide bonds. The number of benzene rings is 1. The van der Waals surface area contributed by atoms with Crippen molar-refractivity contribution in [2.75, 3.05) is 7.11 Å². The summed E-state index contributed by atoms with van der Waals surface area (Å²) >= 11 is 6.78. The van der Waals surface area contributed by atoms with Gasteiger partial charge in [0.05, 0.1) is 12.7 Å². The van der Waals surface area contributed by atoms with Crippen molar-refractivity contribution in [2.24, 2.45) is 0 Å². The molecule has 0 atom stereocenters. The van der Waals surface area contributed by atoms with Crippen LogP contribution in [0, 0.1) is 6.92 Å². The van der Waals surface area contributed by atoms with Crippen molar-refractivity contribution < 1.29 is 9.53 Å². The van der Waals surface area contributed by atoms with E-state index in [4.69, 9.17) is 4.74 Å². The molecular weight excluding hydrogens is 312 g/mol. The van der Waals surface area contributed by atoms with Crippen molar-refractivity contribution in [1.82, 2.24) is 0 Å². The van der Waals surface area contributed by atoms with Gasteiger partial charge in [0.15, 0.2) is 0 Å². The second-order valence-corrected chi connectivity index (χ2v) is 4.24. The minimum atomic E-state index is -0.296. The normalized spacial score (nSPS) is 10.0. The van der Waals surface area contributed by atoms with Gasteiger partial charge >= 0.3 is 5.97 Å². The zero-order valence-electron chi connectivity index (χ0n) is 7.93. The van der Waals surface area contributed by atoms with Crippen molar-refractivity contribution in [3.05, 3.63) is 33.3 Å². The highest BCUT2D eigenvalue weighted by molar-refractivity contribution is 9.10. The van der Waals surface area contributed by atoms with Crippen LogP contribution in [0.3, 0.4) is 0 Å². The standard InChI is InChI=1S/C10H10Br2O2/c1-6-8(5-11)7(10(13)14-2)3-4-9(6)12/h3-4H,5H2,1-2H3. The zero-order chi connectivity index (χ0) is 10.7. The van der Waals surface area contributed by atoms with Crippen LogP contribution in [0.25, 0.3) is 0 Å². The quantitative estimate of drug-likeness (QED) is 0.616. The Balaban J connectivity index is 3.31. The van der Waals surface area contributed by atoms with Gasteiger partial charge in [0.1, 0.15) is 0 Å². The summed E-state index contributed by atoms with van der Waals surface area (Å²) < 4.78 is 5.70. The number of hydrogen-bond acceptors (Lipinski definition) is 2. The number of alkyl halides is 1. The zero-order valence-corrected chi connectivity index (χ0v) is 11.1. The average Bonchev–Trinajstić information content (AvgIpc) is 2.20. The molecule has 0 heterocycles. The molecule has 2 nitrogen and oxygen atoms in total. The third-order valence-corrected chi connectivity index (χ3v) is 3.49. The highest BCUT2D eigenvalue weighted by Crippen LogP contribution is 2.25. The molecule has 1 aromatic carbocycles. The molecule has 0 saturated carbocycles. The fourth-order valence-electron chi connectivity index (χ4n) is 1.20. The number of hydrogen-bond donors (Lipinski definition) is 0. The number of halogens is 2. The van der Waals surface area contributed by atoms with E-state index in [2.05, 4.69) is 31.9 Å². The first kappa shape index (κ1) is 11.7. The van der Waals surface area contributed by atoms with Crippen molar-refractivity contribution in [3.8, 4) is 0 Å². The molecule has 1 aromatic rings. The van der Waals surface area contributed by atoms with Crippen LogP contribution in [0.2, 0.25) is 0 Å². The van der Waals surface area contributed by atoms with E-state index in [1.54, 1.807) is 6.07 Å². The number of ether oxygens (including phenoxy) is 1. The SMILES string of the molecule is COC(=O)c1ccc(Br)c(C)c1CBr. The van der Waals surface area contributed by atoms with E-state index in [1.165, 1.54) is 7.11 Å². The van der Waals surface area contributed by atoms with Crippen LogP contribution in [0.5, 0.6) is 0 Å². The van der Waals surface area contributed by atoms with Crippen LogP contribution in [0.15, 0.2) is 16.6 Å². The van der Waals surface area contributed by atoms with Gasteiger partial charge in [-0.1, -0.05) is 31.9 Å². The first-order valence-electron chi connectivity index (χ1n) is 4.04. The molecular formula is C10H10Br2O2. The van der Waals surface area contributed by atoms with E-state index in [-0.39, 0.29) is 5.97 Å². The van der Waals surface area contributed by atoms with Gasteiger partial charge in [-0.05, 0) is 30.2 Å². The second kappa shape index (κ2) is 4.94. The molecule has 0 fully saturated rings. The number of carbonyl (C=O) groups is 1. The van der Waals surface area contributed by atoms with Crippen LogP contribution >= 0.6 is 31.9 Å².